The molecule has 1 aliphatic rings. The molecule has 4 heteroatoms. The quantitative estimate of drug-likeness (QED) is 0.592. The summed E-state index contributed by atoms with van der Waals surface area (Å²) in [5.74, 6) is 0.759. The fraction of sp³-hybridized carbons (Fsp3) is 0.429. The zero-order valence-electron chi connectivity index (χ0n) is 15.4. The van der Waals surface area contributed by atoms with Crippen LogP contribution in [0, 0.1) is 0 Å². The second kappa shape index (κ2) is 7.61. The van der Waals surface area contributed by atoms with Crippen molar-refractivity contribution in [3.05, 3.63) is 58.1 Å². The third-order valence-corrected chi connectivity index (χ3v) is 6.27. The van der Waals surface area contributed by atoms with Gasteiger partial charge < -0.3 is 4.74 Å². The van der Waals surface area contributed by atoms with E-state index in [1.54, 1.807) is 7.11 Å². The first-order chi connectivity index (χ1) is 11.9. The van der Waals surface area contributed by atoms with Gasteiger partial charge in [-0.05, 0) is 73.9 Å². The van der Waals surface area contributed by atoms with Gasteiger partial charge in [-0.1, -0.05) is 23.7 Å². The summed E-state index contributed by atoms with van der Waals surface area (Å²) in [5, 5.41) is 0.671. The zero-order valence-corrected chi connectivity index (χ0v) is 17.0. The highest BCUT2D eigenvalue weighted by atomic mass is 35.5. The van der Waals surface area contributed by atoms with Crippen LogP contribution in [0.1, 0.15) is 37.0 Å². The van der Waals surface area contributed by atoms with Gasteiger partial charge in [0.25, 0.3) is 0 Å². The fourth-order valence-corrected chi connectivity index (χ4v) is 4.05. The number of methoxy groups -OCH3 is 1. The van der Waals surface area contributed by atoms with Gasteiger partial charge in [-0.3, -0.25) is 4.90 Å². The monoisotopic (exact) mass is 375 g/mol. The van der Waals surface area contributed by atoms with Crippen LogP contribution in [0.5, 0.6) is 5.75 Å². The van der Waals surface area contributed by atoms with Crippen LogP contribution in [-0.2, 0) is 19.5 Å². The summed E-state index contributed by atoms with van der Waals surface area (Å²) in [5.41, 5.74) is 4.37. The Morgan fingerprint density at radius 3 is 2.60 bits per heavy atom. The molecule has 134 valence electrons. The van der Waals surface area contributed by atoms with Gasteiger partial charge in [0.2, 0.25) is 0 Å². The molecule has 2 nitrogen and oxygen atoms in total. The maximum atomic E-state index is 6.13. The smallest absolute Gasteiger partial charge is 0.137 e. The SMILES string of the molecule is COc1cc(CCC(C)(C)N2Cc3ccc(SC)cc3C2)ccc1Cl. The Hall–Kier alpha value is -1.16. The van der Waals surface area contributed by atoms with Gasteiger partial charge in [0, 0.05) is 23.5 Å². The van der Waals surface area contributed by atoms with Gasteiger partial charge in [-0.25, -0.2) is 0 Å². The molecule has 0 N–H and O–H groups in total. The summed E-state index contributed by atoms with van der Waals surface area (Å²) >= 11 is 7.95. The molecule has 25 heavy (non-hydrogen) atoms. The highest BCUT2D eigenvalue weighted by Gasteiger charge is 2.31. The number of nitrogens with zero attached hydrogens (tertiary/aromatic N) is 1. The molecular formula is C21H26ClNOS. The Labute approximate surface area is 160 Å². The number of hydrogen-bond acceptors (Lipinski definition) is 3. The van der Waals surface area contributed by atoms with E-state index in [4.69, 9.17) is 16.3 Å². The molecule has 0 atom stereocenters. The minimum absolute atomic E-state index is 0.144. The van der Waals surface area contributed by atoms with E-state index in [9.17, 15) is 0 Å². The van der Waals surface area contributed by atoms with Crippen molar-refractivity contribution in [3.8, 4) is 5.75 Å². The molecule has 2 aromatic carbocycles. The Morgan fingerprint density at radius 2 is 1.88 bits per heavy atom. The van der Waals surface area contributed by atoms with Gasteiger partial charge in [-0.15, -0.1) is 11.8 Å². The predicted molar refractivity (Wildman–Crippen MR) is 108 cm³/mol. The summed E-state index contributed by atoms with van der Waals surface area (Å²) in [6.45, 7) is 6.78. The molecule has 0 amide bonds. The second-order valence-electron chi connectivity index (χ2n) is 7.27. The average Bonchev–Trinajstić information content (AvgIpc) is 3.05. The van der Waals surface area contributed by atoms with E-state index in [-0.39, 0.29) is 5.54 Å². The molecule has 0 spiro atoms. The normalized spacial score (nSPS) is 14.6. The van der Waals surface area contributed by atoms with E-state index in [0.29, 0.717) is 5.02 Å². The van der Waals surface area contributed by atoms with Gasteiger partial charge in [0.1, 0.15) is 5.75 Å². The number of thioether (sulfide) groups is 1. The lowest BCUT2D eigenvalue weighted by atomic mass is 9.93. The molecule has 0 aromatic heterocycles. The molecule has 0 saturated carbocycles. The minimum Gasteiger partial charge on any atom is -0.495 e. The first-order valence-corrected chi connectivity index (χ1v) is 10.3. The number of aryl methyl sites for hydroxylation is 1. The average molecular weight is 376 g/mol. The van der Waals surface area contributed by atoms with E-state index in [0.717, 1.165) is 31.7 Å². The van der Waals surface area contributed by atoms with Crippen LogP contribution in [0.3, 0.4) is 0 Å². The largest absolute Gasteiger partial charge is 0.495 e. The minimum atomic E-state index is 0.144. The van der Waals surface area contributed by atoms with Crippen molar-refractivity contribution >= 4 is 23.4 Å². The summed E-state index contributed by atoms with van der Waals surface area (Å²) in [6.07, 6.45) is 4.25. The van der Waals surface area contributed by atoms with Gasteiger partial charge in [0.15, 0.2) is 0 Å². The van der Waals surface area contributed by atoms with Crippen molar-refractivity contribution in [2.75, 3.05) is 13.4 Å². The van der Waals surface area contributed by atoms with Gasteiger partial charge in [0.05, 0.1) is 12.1 Å². The Bertz CT molecular complexity index is 760. The van der Waals surface area contributed by atoms with E-state index >= 15 is 0 Å². The van der Waals surface area contributed by atoms with E-state index < -0.39 is 0 Å². The topological polar surface area (TPSA) is 12.5 Å². The Morgan fingerprint density at radius 1 is 1.12 bits per heavy atom. The maximum Gasteiger partial charge on any atom is 0.137 e. The van der Waals surface area contributed by atoms with Crippen molar-refractivity contribution < 1.29 is 4.74 Å². The number of rotatable bonds is 6. The Kier molecular flexibility index (Phi) is 5.67. The molecule has 0 bridgehead atoms. The fourth-order valence-electron chi connectivity index (χ4n) is 3.39. The van der Waals surface area contributed by atoms with Crippen LogP contribution < -0.4 is 4.74 Å². The van der Waals surface area contributed by atoms with Crippen LogP contribution in [0.15, 0.2) is 41.3 Å². The molecule has 2 aromatic rings. The molecule has 0 fully saturated rings. The van der Waals surface area contributed by atoms with Crippen molar-refractivity contribution in [1.29, 1.82) is 0 Å². The predicted octanol–water partition coefficient (Wildman–Crippen LogP) is 5.80. The lowest BCUT2D eigenvalue weighted by Gasteiger charge is -2.35. The lowest BCUT2D eigenvalue weighted by Crippen LogP contribution is -2.40. The van der Waals surface area contributed by atoms with Crippen molar-refractivity contribution in [1.82, 2.24) is 4.90 Å². The first kappa shape index (κ1) is 18.6. The first-order valence-electron chi connectivity index (χ1n) is 8.66. The highest BCUT2D eigenvalue weighted by molar-refractivity contribution is 7.98. The van der Waals surface area contributed by atoms with Crippen LogP contribution in [0.2, 0.25) is 5.02 Å². The molecule has 1 heterocycles. The zero-order chi connectivity index (χ0) is 18.0. The summed E-state index contributed by atoms with van der Waals surface area (Å²) in [6, 6.07) is 13.0. The summed E-state index contributed by atoms with van der Waals surface area (Å²) < 4.78 is 5.34. The highest BCUT2D eigenvalue weighted by Crippen LogP contribution is 2.34. The molecular weight excluding hydrogens is 350 g/mol. The summed E-state index contributed by atoms with van der Waals surface area (Å²) in [4.78, 5) is 3.95. The van der Waals surface area contributed by atoms with Crippen molar-refractivity contribution in [3.63, 3.8) is 0 Å². The van der Waals surface area contributed by atoms with Gasteiger partial charge >= 0.3 is 0 Å². The molecule has 0 aliphatic carbocycles. The molecule has 0 radical (unpaired) electrons. The number of ether oxygens (including phenoxy) is 1. The third kappa shape index (κ3) is 4.16. The Balaban J connectivity index is 1.66. The number of halogens is 1. The standard InChI is InChI=1S/C21H26ClNOS/c1-21(2,10-9-15-5-8-19(22)20(11-15)24-3)23-13-16-6-7-18(25-4)12-17(16)14-23/h5-8,11-12H,9-10,13-14H2,1-4H3. The van der Waals surface area contributed by atoms with E-state index in [1.807, 2.05) is 17.8 Å². The molecule has 3 rings (SSSR count). The number of hydrogen-bond donors (Lipinski definition) is 0. The summed E-state index contributed by atoms with van der Waals surface area (Å²) in [7, 11) is 1.67. The van der Waals surface area contributed by atoms with Crippen LogP contribution in [-0.4, -0.2) is 23.8 Å². The van der Waals surface area contributed by atoms with Crippen LogP contribution in [0.25, 0.3) is 0 Å². The lowest BCUT2D eigenvalue weighted by molar-refractivity contribution is 0.109. The van der Waals surface area contributed by atoms with Crippen molar-refractivity contribution in [2.45, 2.75) is 50.2 Å². The molecule has 0 unspecified atom stereocenters. The van der Waals surface area contributed by atoms with Crippen molar-refractivity contribution in [2.24, 2.45) is 0 Å². The number of benzene rings is 2. The number of fused-ring (bicyclic) bond motifs is 1. The second-order valence-corrected chi connectivity index (χ2v) is 8.56. The molecule has 1 aliphatic heterocycles. The van der Waals surface area contributed by atoms with Crippen LogP contribution >= 0.6 is 23.4 Å². The third-order valence-electron chi connectivity index (χ3n) is 5.23. The van der Waals surface area contributed by atoms with E-state index in [2.05, 4.69) is 55.3 Å². The maximum absolute atomic E-state index is 6.13. The van der Waals surface area contributed by atoms with Crippen LogP contribution in [0.4, 0.5) is 0 Å². The molecule has 0 saturated heterocycles. The van der Waals surface area contributed by atoms with E-state index in [1.165, 1.54) is 21.6 Å². The van der Waals surface area contributed by atoms with Gasteiger partial charge in [-0.2, -0.15) is 0 Å².